The van der Waals surface area contributed by atoms with E-state index in [4.69, 9.17) is 15.6 Å². The van der Waals surface area contributed by atoms with Gasteiger partial charge in [0.05, 0.1) is 11.0 Å². The number of halogens is 1. The lowest BCUT2D eigenvalue weighted by Crippen LogP contribution is -2.24. The zero-order valence-corrected chi connectivity index (χ0v) is 24.8. The third kappa shape index (κ3) is 6.13. The van der Waals surface area contributed by atoms with Crippen molar-refractivity contribution in [1.82, 2.24) is 20.1 Å². The van der Waals surface area contributed by atoms with Crippen LogP contribution in [-0.4, -0.2) is 46.3 Å². The summed E-state index contributed by atoms with van der Waals surface area (Å²) in [6, 6.07) is 14.8. The van der Waals surface area contributed by atoms with E-state index >= 15 is 0 Å². The van der Waals surface area contributed by atoms with E-state index in [0.717, 1.165) is 81.4 Å². The van der Waals surface area contributed by atoms with Crippen molar-refractivity contribution in [1.29, 1.82) is 0 Å². The molecular weight excluding hydrogens is 537 g/mol. The first-order chi connectivity index (χ1) is 21.0. The smallest absolute Gasteiger partial charge is 0.131 e. The van der Waals surface area contributed by atoms with Crippen molar-refractivity contribution >= 4 is 23.1 Å². The van der Waals surface area contributed by atoms with Gasteiger partial charge in [0, 0.05) is 34.4 Å². The number of nitrogens with zero attached hydrogens (tertiary/aromatic N) is 2. The predicted molar refractivity (Wildman–Crippen MR) is 174 cm³/mol. The molecule has 0 saturated carbocycles. The van der Waals surface area contributed by atoms with Crippen LogP contribution in [0.4, 0.5) is 4.39 Å². The summed E-state index contributed by atoms with van der Waals surface area (Å²) < 4.78 is 21.0. The first-order valence-corrected chi connectivity index (χ1v) is 15.0. The van der Waals surface area contributed by atoms with E-state index in [-0.39, 0.29) is 5.82 Å². The second kappa shape index (κ2) is 12.7. The van der Waals surface area contributed by atoms with Gasteiger partial charge in [-0.15, -0.1) is 0 Å². The van der Waals surface area contributed by atoms with Crippen LogP contribution in [-0.2, 0) is 4.74 Å². The number of ether oxygens (including phenoxy) is 1. The molecule has 4 N–H and O–H groups in total. The van der Waals surface area contributed by atoms with E-state index < -0.39 is 0 Å². The average Bonchev–Trinajstić information content (AvgIpc) is 3.75. The summed E-state index contributed by atoms with van der Waals surface area (Å²) in [5, 5.41) is 10.6. The molecule has 0 spiro atoms. The molecule has 0 bridgehead atoms. The molecule has 220 valence electrons. The van der Waals surface area contributed by atoms with Crippen LogP contribution in [0.5, 0.6) is 0 Å². The van der Waals surface area contributed by atoms with E-state index in [9.17, 15) is 4.39 Å². The van der Waals surface area contributed by atoms with Gasteiger partial charge in [0.25, 0.3) is 0 Å². The van der Waals surface area contributed by atoms with Gasteiger partial charge < -0.3 is 15.5 Å². The molecule has 0 atom stereocenters. The monoisotopic (exact) mass is 575 g/mol. The lowest BCUT2D eigenvalue weighted by Gasteiger charge is -2.15. The van der Waals surface area contributed by atoms with Crippen molar-refractivity contribution in [2.75, 3.05) is 26.2 Å². The molecule has 6 nitrogen and oxygen atoms in total. The van der Waals surface area contributed by atoms with Gasteiger partial charge in [-0.1, -0.05) is 48.1 Å². The molecule has 7 heteroatoms. The molecule has 2 aromatic carbocycles. The standard InChI is InChI=1S/C36H38FN5O/c1-3-33-31(21-26(23-38)25-14-13-24(2)19-27(20-25)43-18-17-42-15-6-7-16-42)36(41-40-33)35-22-30-28(10-8-12-34(30)39-35)29-9-4-5-11-32(29)37/h3-5,8-12,14,19-23,39-40H,6-7,13,15-18,38H2,1-2H3/b26-23+,31-21+,33-3-. The van der Waals surface area contributed by atoms with Gasteiger partial charge in [-0.2, -0.15) is 5.10 Å². The Labute approximate surface area is 251 Å². The normalized spacial score (nSPS) is 17.3. The lowest BCUT2D eigenvalue weighted by molar-refractivity contribution is 0.179. The zero-order valence-electron chi connectivity index (χ0n) is 24.8. The van der Waals surface area contributed by atoms with Crippen LogP contribution in [0, 0.1) is 5.82 Å². The van der Waals surface area contributed by atoms with Crippen molar-refractivity contribution in [3.05, 3.63) is 112 Å². The summed E-state index contributed by atoms with van der Waals surface area (Å²) in [6.07, 6.45) is 15.5. The van der Waals surface area contributed by atoms with Gasteiger partial charge in [-0.3, -0.25) is 10.00 Å². The number of hydrogen-bond donors (Lipinski definition) is 3. The number of fused-ring (bicyclic) bond motifs is 1. The van der Waals surface area contributed by atoms with Gasteiger partial charge in [0.1, 0.15) is 23.9 Å². The highest BCUT2D eigenvalue weighted by Crippen LogP contribution is 2.32. The van der Waals surface area contributed by atoms with E-state index in [1.54, 1.807) is 12.3 Å². The number of hydrogen-bond acceptors (Lipinski definition) is 4. The highest BCUT2D eigenvalue weighted by Gasteiger charge is 2.16. The first-order valence-electron chi connectivity index (χ1n) is 15.0. The molecule has 1 saturated heterocycles. The maximum Gasteiger partial charge on any atom is 0.131 e. The fourth-order valence-electron chi connectivity index (χ4n) is 5.93. The van der Waals surface area contributed by atoms with Crippen molar-refractivity contribution in [3.63, 3.8) is 0 Å². The Morgan fingerprint density at radius 1 is 1.09 bits per heavy atom. The molecule has 43 heavy (non-hydrogen) atoms. The second-order valence-electron chi connectivity index (χ2n) is 11.2. The van der Waals surface area contributed by atoms with Crippen LogP contribution < -0.4 is 16.3 Å². The van der Waals surface area contributed by atoms with Gasteiger partial charge in [0.15, 0.2) is 0 Å². The Hall–Kier alpha value is -4.62. The van der Waals surface area contributed by atoms with Gasteiger partial charge >= 0.3 is 0 Å². The molecule has 1 fully saturated rings. The molecule has 0 unspecified atom stereocenters. The summed E-state index contributed by atoms with van der Waals surface area (Å²) in [5.41, 5.74) is 13.3. The van der Waals surface area contributed by atoms with Crippen LogP contribution in [0.25, 0.3) is 45.6 Å². The van der Waals surface area contributed by atoms with Gasteiger partial charge in [-0.25, -0.2) is 4.39 Å². The number of nitrogens with two attached hydrogens (primary N) is 1. The molecule has 4 aromatic rings. The van der Waals surface area contributed by atoms with Crippen LogP contribution in [0.15, 0.2) is 95.4 Å². The zero-order chi connectivity index (χ0) is 29.8. The maximum atomic E-state index is 14.7. The third-order valence-corrected chi connectivity index (χ3v) is 8.22. The highest BCUT2D eigenvalue weighted by molar-refractivity contribution is 5.98. The van der Waals surface area contributed by atoms with E-state index in [0.29, 0.717) is 12.2 Å². The third-order valence-electron chi connectivity index (χ3n) is 8.22. The minimum absolute atomic E-state index is 0.249. The van der Waals surface area contributed by atoms with Crippen molar-refractivity contribution in [3.8, 4) is 22.5 Å². The number of aromatic nitrogens is 3. The Balaban J connectivity index is 1.36. The highest BCUT2D eigenvalue weighted by atomic mass is 19.1. The largest absolute Gasteiger partial charge is 0.492 e. The minimum Gasteiger partial charge on any atom is -0.492 e. The molecule has 0 amide bonds. The molecule has 0 radical (unpaired) electrons. The van der Waals surface area contributed by atoms with Crippen molar-refractivity contribution < 1.29 is 9.13 Å². The summed E-state index contributed by atoms with van der Waals surface area (Å²) >= 11 is 0. The topological polar surface area (TPSA) is 83.0 Å². The second-order valence-corrected chi connectivity index (χ2v) is 11.2. The van der Waals surface area contributed by atoms with E-state index in [1.165, 1.54) is 24.5 Å². The SMILES string of the molecule is C\C=c1/[nH]nc(-c2cc3c(-c4ccccc4F)cccc3[nH]2)/c1=C/C(=C\N)C1=CCC(C)=CC(OCCN2CCCC2)=C1. The van der Waals surface area contributed by atoms with Crippen LogP contribution >= 0.6 is 0 Å². The molecule has 1 aliphatic heterocycles. The molecule has 6 rings (SSSR count). The van der Waals surface area contributed by atoms with Crippen LogP contribution in [0.3, 0.4) is 0 Å². The number of likely N-dealkylation sites (tertiary alicyclic amines) is 1. The number of allylic oxidation sites excluding steroid dienone is 6. The molecule has 1 aliphatic carbocycles. The number of rotatable bonds is 8. The molecule has 2 aromatic heterocycles. The number of nitrogens with one attached hydrogen (secondary N) is 2. The maximum absolute atomic E-state index is 14.7. The summed E-state index contributed by atoms with van der Waals surface area (Å²) in [4.78, 5) is 5.97. The molecular formula is C36H38FN5O. The Bertz CT molecular complexity index is 1880. The van der Waals surface area contributed by atoms with E-state index in [2.05, 4.69) is 46.2 Å². The fourth-order valence-corrected chi connectivity index (χ4v) is 5.93. The van der Waals surface area contributed by atoms with Crippen LogP contribution in [0.1, 0.15) is 33.1 Å². The average molecular weight is 576 g/mol. The molecule has 2 aliphatic rings. The Morgan fingerprint density at radius 3 is 2.70 bits per heavy atom. The summed E-state index contributed by atoms with van der Waals surface area (Å²) in [6.45, 7) is 8.00. The predicted octanol–water partition coefficient (Wildman–Crippen LogP) is 6.06. The lowest BCUT2D eigenvalue weighted by atomic mass is 10.0. The Kier molecular flexibility index (Phi) is 8.43. The number of aromatic amines is 2. The van der Waals surface area contributed by atoms with Gasteiger partial charge in [0.2, 0.25) is 0 Å². The number of benzene rings is 2. The van der Waals surface area contributed by atoms with Crippen molar-refractivity contribution in [2.45, 2.75) is 33.1 Å². The van der Waals surface area contributed by atoms with Crippen LogP contribution in [0.2, 0.25) is 0 Å². The number of H-pyrrole nitrogens is 2. The first kappa shape index (κ1) is 28.5. The minimum atomic E-state index is -0.249. The van der Waals surface area contributed by atoms with Crippen molar-refractivity contribution in [2.24, 2.45) is 5.73 Å². The van der Waals surface area contributed by atoms with Gasteiger partial charge in [-0.05, 0) is 99.3 Å². The quantitative estimate of drug-likeness (QED) is 0.239. The summed E-state index contributed by atoms with van der Waals surface area (Å²) in [7, 11) is 0. The fraction of sp³-hybridized carbons (Fsp3) is 0.250. The summed E-state index contributed by atoms with van der Waals surface area (Å²) in [5.74, 6) is 0.597. The molecule has 3 heterocycles. The Morgan fingerprint density at radius 2 is 1.91 bits per heavy atom. The van der Waals surface area contributed by atoms with E-state index in [1.807, 2.05) is 49.4 Å².